The standard InChI is InChI=1S/C24H32FN5O4/c1-3-5-6-7-15-8-10-16(11-9-15)22(32)33-17-12-18(34-24(17,4-2)13-31)30-14-27-19-20(26)28-23(25)29-21(19)30/h2,14-18,31H,3,5-13H2,1H3,(H2,26,28,29)/t15?,16?,17-,18+,24+/m0/s1. The fraction of sp³-hybridized carbons (Fsp3) is 0.667. The molecule has 34 heavy (non-hydrogen) atoms. The molecule has 184 valence electrons. The summed E-state index contributed by atoms with van der Waals surface area (Å²) in [4.78, 5) is 24.4. The van der Waals surface area contributed by atoms with Crippen LogP contribution in [0.25, 0.3) is 11.2 Å². The summed E-state index contributed by atoms with van der Waals surface area (Å²) in [6.07, 6.45) is 13.1. The summed E-state index contributed by atoms with van der Waals surface area (Å²) in [7, 11) is 0. The molecule has 2 aliphatic rings. The SMILES string of the molecule is C#C[C@]1(CO)O[C@@H](n2cnc3c(N)nc(F)nc32)C[C@@H]1OC(=O)C1CCC(CCCCC)CC1. The number of nitrogens with zero attached hydrogens (tertiary/aromatic N) is 4. The monoisotopic (exact) mass is 473 g/mol. The molecule has 3 atom stereocenters. The second-order valence-corrected chi connectivity index (χ2v) is 9.34. The number of aliphatic hydroxyl groups is 1. The van der Waals surface area contributed by atoms with Crippen LogP contribution in [-0.2, 0) is 14.3 Å². The van der Waals surface area contributed by atoms with Gasteiger partial charge in [-0.2, -0.15) is 14.4 Å². The van der Waals surface area contributed by atoms with E-state index in [9.17, 15) is 14.3 Å². The van der Waals surface area contributed by atoms with Crippen molar-refractivity contribution in [3.63, 3.8) is 0 Å². The summed E-state index contributed by atoms with van der Waals surface area (Å²) in [6.45, 7) is 1.66. The van der Waals surface area contributed by atoms with E-state index in [1.54, 1.807) is 0 Å². The molecule has 0 bridgehead atoms. The first-order chi connectivity index (χ1) is 16.4. The maximum Gasteiger partial charge on any atom is 0.312 e. The van der Waals surface area contributed by atoms with Gasteiger partial charge in [0.1, 0.15) is 12.3 Å². The van der Waals surface area contributed by atoms with Crippen LogP contribution in [0.2, 0.25) is 0 Å². The van der Waals surface area contributed by atoms with Gasteiger partial charge in [-0.05, 0) is 31.6 Å². The van der Waals surface area contributed by atoms with Crippen LogP contribution >= 0.6 is 0 Å². The van der Waals surface area contributed by atoms with E-state index in [4.69, 9.17) is 21.6 Å². The molecule has 0 unspecified atom stereocenters. The van der Waals surface area contributed by atoms with Gasteiger partial charge in [-0.15, -0.1) is 6.42 Å². The third-order valence-electron chi connectivity index (χ3n) is 7.15. The molecule has 2 aromatic heterocycles. The number of nitrogen functional groups attached to an aromatic ring is 1. The number of hydrogen-bond donors (Lipinski definition) is 2. The van der Waals surface area contributed by atoms with Gasteiger partial charge in [0.15, 0.2) is 22.6 Å². The average molecular weight is 474 g/mol. The molecule has 2 fully saturated rings. The van der Waals surface area contributed by atoms with E-state index in [1.165, 1.54) is 36.6 Å². The second kappa shape index (κ2) is 10.2. The van der Waals surface area contributed by atoms with Gasteiger partial charge >= 0.3 is 12.0 Å². The lowest BCUT2D eigenvalue weighted by atomic mass is 9.79. The van der Waals surface area contributed by atoms with Gasteiger partial charge in [-0.25, -0.2) is 4.98 Å². The quantitative estimate of drug-likeness (QED) is 0.259. The fourth-order valence-electron chi connectivity index (χ4n) is 5.09. The predicted octanol–water partition coefficient (Wildman–Crippen LogP) is 3.13. The highest BCUT2D eigenvalue weighted by Gasteiger charge is 2.51. The highest BCUT2D eigenvalue weighted by molar-refractivity contribution is 5.81. The van der Waals surface area contributed by atoms with Gasteiger partial charge in [-0.1, -0.05) is 38.5 Å². The minimum atomic E-state index is -1.52. The molecule has 2 aromatic rings. The van der Waals surface area contributed by atoms with Crippen molar-refractivity contribution >= 4 is 23.0 Å². The minimum absolute atomic E-state index is 0.0992. The first-order valence-corrected chi connectivity index (χ1v) is 12.0. The number of unbranched alkanes of at least 4 members (excludes halogenated alkanes) is 2. The molecular weight excluding hydrogens is 441 g/mol. The van der Waals surface area contributed by atoms with E-state index in [0.29, 0.717) is 5.92 Å². The van der Waals surface area contributed by atoms with Crippen molar-refractivity contribution in [1.29, 1.82) is 0 Å². The number of fused-ring (bicyclic) bond motifs is 1. The molecular formula is C24H32FN5O4. The van der Waals surface area contributed by atoms with Gasteiger partial charge in [0.05, 0.1) is 18.9 Å². The zero-order valence-electron chi connectivity index (χ0n) is 19.5. The van der Waals surface area contributed by atoms with Crippen LogP contribution < -0.4 is 5.73 Å². The summed E-state index contributed by atoms with van der Waals surface area (Å²) >= 11 is 0. The molecule has 1 aliphatic heterocycles. The van der Waals surface area contributed by atoms with Gasteiger partial charge in [0.2, 0.25) is 0 Å². The van der Waals surface area contributed by atoms with E-state index in [-0.39, 0.29) is 35.3 Å². The lowest BCUT2D eigenvalue weighted by Gasteiger charge is -2.31. The topological polar surface area (TPSA) is 125 Å². The predicted molar refractivity (Wildman–Crippen MR) is 123 cm³/mol. The molecule has 1 saturated heterocycles. The molecule has 1 saturated carbocycles. The largest absolute Gasteiger partial charge is 0.458 e. The number of halogens is 1. The molecule has 0 spiro atoms. The highest BCUT2D eigenvalue weighted by Crippen LogP contribution is 2.41. The van der Waals surface area contributed by atoms with E-state index in [2.05, 4.69) is 27.8 Å². The normalized spacial score (nSPS) is 29.2. The number of ether oxygens (including phenoxy) is 2. The van der Waals surface area contributed by atoms with Gasteiger partial charge < -0.3 is 20.3 Å². The van der Waals surface area contributed by atoms with Crippen molar-refractivity contribution in [3.05, 3.63) is 12.4 Å². The summed E-state index contributed by atoms with van der Waals surface area (Å²) in [5.41, 5.74) is 4.57. The summed E-state index contributed by atoms with van der Waals surface area (Å²) in [6, 6.07) is 0. The Morgan fingerprint density at radius 2 is 2.15 bits per heavy atom. The number of aliphatic hydroxyl groups excluding tert-OH is 1. The van der Waals surface area contributed by atoms with Crippen LogP contribution in [-0.4, -0.2) is 48.9 Å². The Kier molecular flexibility index (Phi) is 7.33. The molecule has 10 heteroatoms. The number of hydrogen-bond acceptors (Lipinski definition) is 8. The maximum atomic E-state index is 13.8. The molecule has 3 N–H and O–H groups in total. The van der Waals surface area contributed by atoms with Gasteiger partial charge in [0, 0.05) is 6.42 Å². The summed E-state index contributed by atoms with van der Waals surface area (Å²) in [5, 5.41) is 10.1. The number of aromatic nitrogens is 4. The molecule has 9 nitrogen and oxygen atoms in total. The highest BCUT2D eigenvalue weighted by atomic mass is 19.1. The number of imidazole rings is 1. The number of rotatable bonds is 8. The molecule has 3 heterocycles. The Balaban J connectivity index is 1.45. The first kappa shape index (κ1) is 24.4. The zero-order valence-corrected chi connectivity index (χ0v) is 19.5. The van der Waals surface area contributed by atoms with Crippen molar-refractivity contribution < 1.29 is 23.8 Å². The maximum absolute atomic E-state index is 13.8. The summed E-state index contributed by atoms with van der Waals surface area (Å²) < 4.78 is 27.1. The number of anilines is 1. The lowest BCUT2D eigenvalue weighted by Crippen LogP contribution is -2.45. The number of terminal acetylenes is 1. The minimum Gasteiger partial charge on any atom is -0.458 e. The third kappa shape index (κ3) is 4.72. The van der Waals surface area contributed by atoms with E-state index < -0.39 is 30.6 Å². The number of nitrogens with two attached hydrogens (primary N) is 1. The fourth-order valence-corrected chi connectivity index (χ4v) is 5.09. The Bertz CT molecular complexity index is 1060. The molecule has 0 aromatic carbocycles. The van der Waals surface area contributed by atoms with Crippen molar-refractivity contribution in [1.82, 2.24) is 19.5 Å². The molecule has 1 aliphatic carbocycles. The Labute approximate surface area is 198 Å². The van der Waals surface area contributed by atoms with Crippen LogP contribution in [0.5, 0.6) is 0 Å². The van der Waals surface area contributed by atoms with Crippen molar-refractivity contribution in [2.75, 3.05) is 12.3 Å². The molecule has 0 radical (unpaired) electrons. The zero-order chi connectivity index (χ0) is 24.3. The second-order valence-electron chi connectivity index (χ2n) is 9.34. The first-order valence-electron chi connectivity index (χ1n) is 12.0. The smallest absolute Gasteiger partial charge is 0.312 e. The van der Waals surface area contributed by atoms with Gasteiger partial charge in [0.25, 0.3) is 0 Å². The number of carbonyl (C=O) groups excluding carboxylic acids is 1. The summed E-state index contributed by atoms with van der Waals surface area (Å²) in [5.74, 6) is 2.53. The Morgan fingerprint density at radius 1 is 1.38 bits per heavy atom. The van der Waals surface area contributed by atoms with Crippen LogP contribution in [0.3, 0.4) is 0 Å². The molecule has 0 amide bonds. The number of carbonyl (C=O) groups is 1. The Hall–Kier alpha value is -2.77. The van der Waals surface area contributed by atoms with Crippen LogP contribution in [0.4, 0.5) is 10.2 Å². The van der Waals surface area contributed by atoms with Crippen LogP contribution in [0.15, 0.2) is 6.33 Å². The van der Waals surface area contributed by atoms with Crippen molar-refractivity contribution in [2.24, 2.45) is 11.8 Å². The van der Waals surface area contributed by atoms with Crippen molar-refractivity contribution in [3.8, 4) is 12.3 Å². The third-order valence-corrected chi connectivity index (χ3v) is 7.15. The number of esters is 1. The Morgan fingerprint density at radius 3 is 2.82 bits per heavy atom. The van der Waals surface area contributed by atoms with Crippen molar-refractivity contribution in [2.45, 2.75) is 82.6 Å². The van der Waals surface area contributed by atoms with E-state index >= 15 is 0 Å². The average Bonchev–Trinajstić information content (AvgIpc) is 3.41. The van der Waals surface area contributed by atoms with Crippen LogP contribution in [0, 0.1) is 30.3 Å². The van der Waals surface area contributed by atoms with E-state index in [0.717, 1.165) is 25.7 Å². The van der Waals surface area contributed by atoms with Crippen LogP contribution in [0.1, 0.15) is 70.9 Å². The van der Waals surface area contributed by atoms with Gasteiger partial charge in [-0.3, -0.25) is 9.36 Å². The molecule has 4 rings (SSSR count). The lowest BCUT2D eigenvalue weighted by molar-refractivity contribution is -0.164. The van der Waals surface area contributed by atoms with E-state index in [1.807, 2.05) is 0 Å².